The van der Waals surface area contributed by atoms with E-state index in [0.717, 1.165) is 25.2 Å². The van der Waals surface area contributed by atoms with Crippen LogP contribution in [0.15, 0.2) is 30.3 Å². The van der Waals surface area contributed by atoms with Crippen molar-refractivity contribution >= 4 is 12.1 Å². The fourth-order valence-corrected chi connectivity index (χ4v) is 1.93. The minimum absolute atomic E-state index is 0.716. The SMILES string of the molecule is O=CN(CN1CCCC1)c1ccccc1. The maximum Gasteiger partial charge on any atom is 0.215 e. The van der Waals surface area contributed by atoms with Crippen molar-refractivity contribution in [1.29, 1.82) is 0 Å². The molecule has 1 saturated heterocycles. The number of hydrogen-bond donors (Lipinski definition) is 0. The lowest BCUT2D eigenvalue weighted by atomic mass is 10.3. The van der Waals surface area contributed by atoms with Gasteiger partial charge in [-0.2, -0.15) is 0 Å². The van der Waals surface area contributed by atoms with Gasteiger partial charge in [-0.3, -0.25) is 9.69 Å². The highest BCUT2D eigenvalue weighted by Crippen LogP contribution is 2.14. The molecule has 0 unspecified atom stereocenters. The molecule has 1 aliphatic rings. The van der Waals surface area contributed by atoms with Crippen LogP contribution in [0.25, 0.3) is 0 Å². The first-order valence-corrected chi connectivity index (χ1v) is 5.39. The molecule has 0 radical (unpaired) electrons. The first kappa shape index (κ1) is 10.2. The highest BCUT2D eigenvalue weighted by molar-refractivity contribution is 5.74. The van der Waals surface area contributed by atoms with E-state index in [-0.39, 0.29) is 0 Å². The standard InChI is InChI=1S/C12H16N2O/c15-11-14(10-13-8-4-5-9-13)12-6-2-1-3-7-12/h1-3,6-7,11H,4-5,8-10H2. The number of hydrogen-bond acceptors (Lipinski definition) is 2. The topological polar surface area (TPSA) is 23.6 Å². The Morgan fingerprint density at radius 1 is 1.20 bits per heavy atom. The maximum atomic E-state index is 11.0. The van der Waals surface area contributed by atoms with Crippen LogP contribution in [-0.4, -0.2) is 31.1 Å². The highest BCUT2D eigenvalue weighted by Gasteiger charge is 2.14. The predicted molar refractivity (Wildman–Crippen MR) is 60.7 cm³/mol. The molecule has 0 aliphatic carbocycles. The molecule has 0 atom stereocenters. The van der Waals surface area contributed by atoms with Crippen LogP contribution >= 0.6 is 0 Å². The third-order valence-electron chi connectivity index (χ3n) is 2.77. The summed E-state index contributed by atoms with van der Waals surface area (Å²) in [7, 11) is 0. The quantitative estimate of drug-likeness (QED) is 0.697. The molecule has 1 aromatic rings. The van der Waals surface area contributed by atoms with Crippen LogP contribution in [0.3, 0.4) is 0 Å². The molecule has 1 heterocycles. The van der Waals surface area contributed by atoms with Crippen LogP contribution in [-0.2, 0) is 4.79 Å². The Balaban J connectivity index is 2.01. The molecule has 1 aliphatic heterocycles. The molecule has 0 saturated carbocycles. The van der Waals surface area contributed by atoms with E-state index in [9.17, 15) is 4.79 Å². The molecular weight excluding hydrogens is 188 g/mol. The number of likely N-dealkylation sites (tertiary alicyclic amines) is 1. The van der Waals surface area contributed by atoms with Gasteiger partial charge in [0.25, 0.3) is 0 Å². The van der Waals surface area contributed by atoms with Gasteiger partial charge in [0.15, 0.2) is 0 Å². The molecule has 1 fully saturated rings. The summed E-state index contributed by atoms with van der Waals surface area (Å²) in [5.74, 6) is 0. The molecule has 15 heavy (non-hydrogen) atoms. The second kappa shape index (κ2) is 4.94. The van der Waals surface area contributed by atoms with Crippen LogP contribution < -0.4 is 4.90 Å². The average Bonchev–Trinajstić information content (AvgIpc) is 2.80. The number of para-hydroxylation sites is 1. The van der Waals surface area contributed by atoms with Crippen molar-refractivity contribution in [1.82, 2.24) is 4.90 Å². The monoisotopic (exact) mass is 204 g/mol. The number of anilines is 1. The number of rotatable bonds is 4. The number of carbonyl (C=O) groups excluding carboxylic acids is 1. The fourth-order valence-electron chi connectivity index (χ4n) is 1.93. The first-order chi connectivity index (χ1) is 7.40. The molecule has 0 bridgehead atoms. The second-order valence-corrected chi connectivity index (χ2v) is 3.88. The van der Waals surface area contributed by atoms with Gasteiger partial charge >= 0.3 is 0 Å². The van der Waals surface area contributed by atoms with E-state index < -0.39 is 0 Å². The number of nitrogens with zero attached hydrogens (tertiary/aromatic N) is 2. The van der Waals surface area contributed by atoms with Crippen molar-refractivity contribution in [3.05, 3.63) is 30.3 Å². The van der Waals surface area contributed by atoms with Gasteiger partial charge in [0.05, 0.1) is 6.67 Å². The molecule has 0 aromatic heterocycles. The average molecular weight is 204 g/mol. The van der Waals surface area contributed by atoms with Gasteiger partial charge in [0, 0.05) is 5.69 Å². The van der Waals surface area contributed by atoms with Gasteiger partial charge in [-0.1, -0.05) is 18.2 Å². The van der Waals surface area contributed by atoms with E-state index in [4.69, 9.17) is 0 Å². The van der Waals surface area contributed by atoms with Crippen molar-refractivity contribution in [3.63, 3.8) is 0 Å². The van der Waals surface area contributed by atoms with Gasteiger partial charge in [-0.25, -0.2) is 0 Å². The van der Waals surface area contributed by atoms with Crippen LogP contribution in [0.5, 0.6) is 0 Å². The van der Waals surface area contributed by atoms with Gasteiger partial charge < -0.3 is 4.90 Å². The maximum absolute atomic E-state index is 11.0. The summed E-state index contributed by atoms with van der Waals surface area (Å²) < 4.78 is 0. The summed E-state index contributed by atoms with van der Waals surface area (Å²) in [5.41, 5.74) is 0.972. The van der Waals surface area contributed by atoms with Crippen LogP contribution in [0, 0.1) is 0 Å². The van der Waals surface area contributed by atoms with Crippen LogP contribution in [0.2, 0.25) is 0 Å². The third-order valence-corrected chi connectivity index (χ3v) is 2.77. The molecule has 80 valence electrons. The van der Waals surface area contributed by atoms with Gasteiger partial charge in [0.2, 0.25) is 6.41 Å². The van der Waals surface area contributed by atoms with Gasteiger partial charge in [-0.05, 0) is 38.1 Å². The van der Waals surface area contributed by atoms with E-state index in [1.165, 1.54) is 12.8 Å². The largest absolute Gasteiger partial charge is 0.302 e. The summed E-state index contributed by atoms with van der Waals surface area (Å²) in [6.45, 7) is 2.93. The number of carbonyl (C=O) groups is 1. The Morgan fingerprint density at radius 3 is 2.47 bits per heavy atom. The minimum atomic E-state index is 0.716. The molecule has 3 heteroatoms. The lowest BCUT2D eigenvalue weighted by molar-refractivity contribution is -0.107. The zero-order valence-electron chi connectivity index (χ0n) is 8.80. The van der Waals surface area contributed by atoms with Gasteiger partial charge in [0.1, 0.15) is 0 Å². The summed E-state index contributed by atoms with van der Waals surface area (Å²) in [4.78, 5) is 15.1. The summed E-state index contributed by atoms with van der Waals surface area (Å²) in [6, 6.07) is 9.79. The van der Waals surface area contributed by atoms with Crippen molar-refractivity contribution in [2.75, 3.05) is 24.7 Å². The minimum Gasteiger partial charge on any atom is -0.302 e. The Labute approximate surface area is 90.3 Å². The Kier molecular flexibility index (Phi) is 3.35. The Hall–Kier alpha value is -1.35. The van der Waals surface area contributed by atoms with E-state index in [1.54, 1.807) is 4.90 Å². The molecule has 1 amide bonds. The first-order valence-electron chi connectivity index (χ1n) is 5.39. The third kappa shape index (κ3) is 2.57. The fraction of sp³-hybridized carbons (Fsp3) is 0.417. The van der Waals surface area contributed by atoms with E-state index in [0.29, 0.717) is 6.67 Å². The van der Waals surface area contributed by atoms with Crippen LogP contribution in [0.1, 0.15) is 12.8 Å². The summed E-state index contributed by atoms with van der Waals surface area (Å²) in [5, 5.41) is 0. The summed E-state index contributed by atoms with van der Waals surface area (Å²) in [6.07, 6.45) is 3.41. The molecule has 2 rings (SSSR count). The zero-order valence-corrected chi connectivity index (χ0v) is 8.80. The predicted octanol–water partition coefficient (Wildman–Crippen LogP) is 1.70. The lowest BCUT2D eigenvalue weighted by Crippen LogP contribution is -2.35. The molecule has 0 N–H and O–H groups in total. The summed E-state index contributed by atoms with van der Waals surface area (Å²) >= 11 is 0. The second-order valence-electron chi connectivity index (χ2n) is 3.88. The van der Waals surface area contributed by atoms with Crippen molar-refractivity contribution in [2.24, 2.45) is 0 Å². The van der Waals surface area contributed by atoms with Crippen molar-refractivity contribution in [3.8, 4) is 0 Å². The Bertz CT molecular complexity index is 307. The molecule has 1 aromatic carbocycles. The highest BCUT2D eigenvalue weighted by atomic mass is 16.1. The molecule has 0 spiro atoms. The van der Waals surface area contributed by atoms with Crippen molar-refractivity contribution < 1.29 is 4.79 Å². The van der Waals surface area contributed by atoms with Crippen molar-refractivity contribution in [2.45, 2.75) is 12.8 Å². The van der Waals surface area contributed by atoms with E-state index in [1.807, 2.05) is 30.3 Å². The smallest absolute Gasteiger partial charge is 0.215 e. The molecular formula is C12H16N2O. The number of amides is 1. The normalized spacial score (nSPS) is 16.5. The van der Waals surface area contributed by atoms with E-state index in [2.05, 4.69) is 4.90 Å². The van der Waals surface area contributed by atoms with E-state index >= 15 is 0 Å². The lowest BCUT2D eigenvalue weighted by Gasteiger charge is -2.23. The van der Waals surface area contributed by atoms with Gasteiger partial charge in [-0.15, -0.1) is 0 Å². The Morgan fingerprint density at radius 2 is 1.87 bits per heavy atom. The zero-order chi connectivity index (χ0) is 10.5. The molecule has 3 nitrogen and oxygen atoms in total. The number of benzene rings is 1. The van der Waals surface area contributed by atoms with Crippen LogP contribution in [0.4, 0.5) is 5.69 Å².